The zero-order valence-electron chi connectivity index (χ0n) is 8.00. The molecule has 1 aliphatic rings. The Kier molecular flexibility index (Phi) is 3.73. The summed E-state index contributed by atoms with van der Waals surface area (Å²) in [5.41, 5.74) is 0. The molecule has 1 rings (SSSR count). The quantitative estimate of drug-likeness (QED) is 0.496. The van der Waals surface area contributed by atoms with Crippen LogP contribution in [0, 0.1) is 0 Å². The summed E-state index contributed by atoms with van der Waals surface area (Å²) in [4.78, 5) is 0. The van der Waals surface area contributed by atoms with Gasteiger partial charge in [-0.05, 0) is 36.3 Å². The molecule has 1 aliphatic heterocycles. The first-order chi connectivity index (χ1) is 5.54. The van der Waals surface area contributed by atoms with E-state index in [-0.39, 0.29) is 0 Å². The van der Waals surface area contributed by atoms with Crippen LogP contribution in [0.15, 0.2) is 0 Å². The lowest BCUT2D eigenvalue weighted by Gasteiger charge is -2.36. The molecule has 1 heterocycles. The largest absolute Gasteiger partial charge is 0.167 e. The third-order valence-electron chi connectivity index (χ3n) is 3.31. The van der Waals surface area contributed by atoms with Gasteiger partial charge in [0.25, 0.3) is 0 Å². The van der Waals surface area contributed by atoms with E-state index >= 15 is 0 Å². The summed E-state index contributed by atoms with van der Waals surface area (Å²) in [6.07, 6.45) is 0. The first-order valence-corrected chi connectivity index (χ1v) is 12.2. The maximum absolute atomic E-state index is 6.55. The van der Waals surface area contributed by atoms with Gasteiger partial charge < -0.3 is 0 Å². The van der Waals surface area contributed by atoms with Crippen molar-refractivity contribution in [3.05, 3.63) is 0 Å². The van der Waals surface area contributed by atoms with Gasteiger partial charge in [-0.25, -0.2) is 0 Å². The summed E-state index contributed by atoms with van der Waals surface area (Å²) in [6.45, 7) is 4.49. The van der Waals surface area contributed by atoms with E-state index in [1.807, 2.05) is 0 Å². The van der Waals surface area contributed by atoms with Gasteiger partial charge in [-0.2, -0.15) is 22.2 Å². The molecule has 0 spiro atoms. The molecule has 0 aliphatic carbocycles. The summed E-state index contributed by atoms with van der Waals surface area (Å²) in [7, 11) is -2.59. The average molecular weight is 241 g/mol. The molecule has 12 heavy (non-hydrogen) atoms. The van der Waals surface area contributed by atoms with E-state index in [4.69, 9.17) is 22.2 Å². The lowest BCUT2D eigenvalue weighted by molar-refractivity contribution is 1.09. The molecule has 0 nitrogen and oxygen atoms in total. The molecule has 0 aromatic heterocycles. The minimum atomic E-state index is -1.29. The van der Waals surface area contributed by atoms with Crippen LogP contribution in [-0.2, 0) is 0 Å². The Bertz CT molecular complexity index is 135. The Morgan fingerprint density at radius 2 is 1.08 bits per heavy atom. The molecule has 0 aromatic rings. The van der Waals surface area contributed by atoms with Crippen molar-refractivity contribution in [1.82, 2.24) is 0 Å². The molecule has 0 radical (unpaired) electrons. The molecule has 0 saturated carbocycles. The highest BCUT2D eigenvalue weighted by Gasteiger charge is 2.41. The molecule has 0 amide bonds. The minimum Gasteiger partial charge on any atom is -0.167 e. The van der Waals surface area contributed by atoms with Crippen LogP contribution in [0.4, 0.5) is 0 Å². The summed E-state index contributed by atoms with van der Waals surface area (Å²) in [5, 5.41) is 0. The van der Waals surface area contributed by atoms with Crippen LogP contribution in [0.2, 0.25) is 36.3 Å². The topological polar surface area (TPSA) is 0 Å². The standard InChI is InChI=1S/C8H18Cl2Si2/c1-3-11(9)5-7-12(10,4-2)8-6-11/h3-8H2,1-2H3. The number of hydrogen-bond donors (Lipinski definition) is 0. The molecule has 1 fully saturated rings. The molecule has 0 N–H and O–H groups in total. The van der Waals surface area contributed by atoms with Gasteiger partial charge in [0.2, 0.25) is 0 Å². The van der Waals surface area contributed by atoms with Crippen LogP contribution in [-0.4, -0.2) is 14.8 Å². The number of rotatable bonds is 2. The van der Waals surface area contributed by atoms with Crippen molar-refractivity contribution in [2.75, 3.05) is 0 Å². The molecule has 1 saturated heterocycles. The van der Waals surface area contributed by atoms with Gasteiger partial charge in [-0.3, -0.25) is 0 Å². The second-order valence-electron chi connectivity index (χ2n) is 4.01. The highest BCUT2D eigenvalue weighted by atomic mass is 35.6. The molecule has 4 heteroatoms. The van der Waals surface area contributed by atoms with Gasteiger partial charge in [0.1, 0.15) is 0 Å². The Morgan fingerprint density at radius 3 is 1.25 bits per heavy atom. The van der Waals surface area contributed by atoms with Crippen LogP contribution < -0.4 is 0 Å². The number of halogens is 2. The van der Waals surface area contributed by atoms with Crippen molar-refractivity contribution in [2.24, 2.45) is 0 Å². The second kappa shape index (κ2) is 4.03. The molecule has 0 unspecified atom stereocenters. The predicted octanol–water partition coefficient (Wildman–Crippen LogP) is 4.41. The highest BCUT2D eigenvalue weighted by molar-refractivity contribution is 7.26. The van der Waals surface area contributed by atoms with Crippen LogP contribution in [0.3, 0.4) is 0 Å². The summed E-state index contributed by atoms with van der Waals surface area (Å²) in [5.74, 6) is 0. The summed E-state index contributed by atoms with van der Waals surface area (Å²) < 4.78 is 0. The summed E-state index contributed by atoms with van der Waals surface area (Å²) >= 11 is 13.1. The van der Waals surface area contributed by atoms with Crippen molar-refractivity contribution in [1.29, 1.82) is 0 Å². The van der Waals surface area contributed by atoms with Crippen molar-refractivity contribution in [2.45, 2.75) is 50.1 Å². The normalized spacial score (nSPS) is 43.0. The number of hydrogen-bond acceptors (Lipinski definition) is 0. The van der Waals surface area contributed by atoms with Crippen molar-refractivity contribution < 1.29 is 0 Å². The first kappa shape index (κ1) is 11.1. The highest BCUT2D eigenvalue weighted by Crippen LogP contribution is 2.43. The maximum Gasteiger partial charge on any atom is 0.155 e. The van der Waals surface area contributed by atoms with Crippen LogP contribution >= 0.6 is 22.2 Å². The molecule has 0 atom stereocenters. The molecular formula is C8H18Cl2Si2. The fraction of sp³-hybridized carbons (Fsp3) is 1.00. The zero-order chi connectivity index (χ0) is 9.24. The lowest BCUT2D eigenvalue weighted by atomic mass is 10.9. The maximum atomic E-state index is 6.55. The monoisotopic (exact) mass is 240 g/mol. The zero-order valence-corrected chi connectivity index (χ0v) is 11.5. The Balaban J connectivity index is 2.49. The second-order valence-corrected chi connectivity index (χ2v) is 16.8. The summed E-state index contributed by atoms with van der Waals surface area (Å²) in [6, 6.07) is 7.62. The third kappa shape index (κ3) is 2.50. The average Bonchev–Trinajstić information content (AvgIpc) is 2.11. The Hall–Kier alpha value is 1.01. The molecule has 72 valence electrons. The van der Waals surface area contributed by atoms with Crippen molar-refractivity contribution >= 4 is 36.9 Å². The fourth-order valence-corrected chi connectivity index (χ4v) is 14.3. The van der Waals surface area contributed by atoms with Gasteiger partial charge in [-0.1, -0.05) is 13.8 Å². The van der Waals surface area contributed by atoms with E-state index in [0.29, 0.717) is 0 Å². The van der Waals surface area contributed by atoms with E-state index in [2.05, 4.69) is 13.8 Å². The van der Waals surface area contributed by atoms with Crippen LogP contribution in [0.25, 0.3) is 0 Å². The van der Waals surface area contributed by atoms with Crippen molar-refractivity contribution in [3.8, 4) is 0 Å². The van der Waals surface area contributed by atoms with Gasteiger partial charge in [0, 0.05) is 0 Å². The smallest absolute Gasteiger partial charge is 0.155 e. The van der Waals surface area contributed by atoms with E-state index in [0.717, 1.165) is 0 Å². The van der Waals surface area contributed by atoms with Gasteiger partial charge in [-0.15, -0.1) is 0 Å². The van der Waals surface area contributed by atoms with E-state index < -0.39 is 14.8 Å². The van der Waals surface area contributed by atoms with Gasteiger partial charge in [0.05, 0.1) is 0 Å². The third-order valence-corrected chi connectivity index (χ3v) is 15.3. The Labute approximate surface area is 87.1 Å². The molecular weight excluding hydrogens is 223 g/mol. The lowest BCUT2D eigenvalue weighted by Crippen LogP contribution is -2.40. The molecule has 0 bridgehead atoms. The van der Waals surface area contributed by atoms with Crippen LogP contribution in [0.5, 0.6) is 0 Å². The van der Waals surface area contributed by atoms with Crippen LogP contribution in [0.1, 0.15) is 13.8 Å². The first-order valence-electron chi connectivity index (χ1n) is 4.91. The van der Waals surface area contributed by atoms with Gasteiger partial charge in [0.15, 0.2) is 14.8 Å². The predicted molar refractivity (Wildman–Crippen MR) is 63.4 cm³/mol. The van der Waals surface area contributed by atoms with Gasteiger partial charge >= 0.3 is 0 Å². The van der Waals surface area contributed by atoms with E-state index in [1.54, 1.807) is 0 Å². The van der Waals surface area contributed by atoms with Crippen molar-refractivity contribution in [3.63, 3.8) is 0 Å². The van der Waals surface area contributed by atoms with E-state index in [1.165, 1.54) is 36.3 Å². The minimum absolute atomic E-state index is 1.24. The fourth-order valence-electron chi connectivity index (χ4n) is 1.85. The molecule has 0 aromatic carbocycles. The van der Waals surface area contributed by atoms with E-state index in [9.17, 15) is 0 Å². The SMILES string of the molecule is CC[Si]1(Cl)CC[Si](Cl)(CC)CC1. The Morgan fingerprint density at radius 1 is 0.833 bits per heavy atom.